The third-order valence-electron chi connectivity index (χ3n) is 5.06. The molecule has 0 bridgehead atoms. The van der Waals surface area contributed by atoms with E-state index in [0.717, 1.165) is 42.9 Å². The Balaban J connectivity index is 1.40. The Hall–Kier alpha value is -2.80. The van der Waals surface area contributed by atoms with Crippen molar-refractivity contribution >= 4 is 28.2 Å². The Morgan fingerprint density at radius 1 is 1.29 bits per heavy atom. The minimum Gasteiger partial charge on any atom is -0.355 e. The summed E-state index contributed by atoms with van der Waals surface area (Å²) in [5.74, 6) is 0.773. The molecule has 1 unspecified atom stereocenters. The number of nitrogens with zero attached hydrogens (tertiary/aromatic N) is 4. The number of aryl methyl sites for hydroxylation is 1. The maximum Gasteiger partial charge on any atom is 0.231 e. The third kappa shape index (κ3) is 4.20. The Kier molecular flexibility index (Phi) is 5.62. The van der Waals surface area contributed by atoms with Crippen LogP contribution in [0.4, 0.5) is 10.9 Å². The van der Waals surface area contributed by atoms with Crippen LogP contribution in [-0.4, -0.2) is 33.9 Å². The van der Waals surface area contributed by atoms with Crippen molar-refractivity contribution in [3.8, 4) is 11.3 Å². The van der Waals surface area contributed by atoms with Gasteiger partial charge in [0.2, 0.25) is 5.91 Å². The monoisotopic (exact) mass is 393 g/mol. The molecule has 2 aromatic heterocycles. The number of carbonyl (C=O) groups is 1. The zero-order chi connectivity index (χ0) is 19.3. The molecule has 1 N–H and O–H groups in total. The number of aromatic nitrogens is 3. The van der Waals surface area contributed by atoms with E-state index in [2.05, 4.69) is 56.4 Å². The summed E-state index contributed by atoms with van der Waals surface area (Å²) in [6, 6.07) is 8.41. The van der Waals surface area contributed by atoms with Gasteiger partial charge in [-0.3, -0.25) is 9.78 Å². The highest BCUT2D eigenvalue weighted by Crippen LogP contribution is 2.27. The molecule has 0 saturated carbocycles. The first-order valence-electron chi connectivity index (χ1n) is 9.59. The number of anilines is 2. The van der Waals surface area contributed by atoms with Gasteiger partial charge in [-0.15, -0.1) is 11.3 Å². The van der Waals surface area contributed by atoms with E-state index in [4.69, 9.17) is 0 Å². The number of hydrogen-bond acceptors (Lipinski definition) is 6. The molecule has 7 heteroatoms. The molecule has 1 amide bonds. The number of carbonyl (C=O) groups excluding carboxylic acids is 1. The molecule has 28 heavy (non-hydrogen) atoms. The molecule has 1 aliphatic rings. The van der Waals surface area contributed by atoms with E-state index in [0.29, 0.717) is 11.7 Å². The summed E-state index contributed by atoms with van der Waals surface area (Å²) >= 11 is 1.46. The predicted octanol–water partition coefficient (Wildman–Crippen LogP) is 4.02. The first-order valence-corrected chi connectivity index (χ1v) is 10.5. The smallest absolute Gasteiger partial charge is 0.231 e. The summed E-state index contributed by atoms with van der Waals surface area (Å²) in [5, 5.41) is 5.64. The largest absolute Gasteiger partial charge is 0.355 e. The van der Waals surface area contributed by atoms with Gasteiger partial charge < -0.3 is 10.2 Å². The van der Waals surface area contributed by atoms with Crippen LogP contribution in [0.3, 0.4) is 0 Å². The quantitative estimate of drug-likeness (QED) is 0.709. The van der Waals surface area contributed by atoms with E-state index < -0.39 is 0 Å². The second-order valence-corrected chi connectivity index (χ2v) is 7.78. The van der Waals surface area contributed by atoms with Gasteiger partial charge in [0.1, 0.15) is 5.82 Å². The summed E-state index contributed by atoms with van der Waals surface area (Å²) in [4.78, 5) is 28.0. The van der Waals surface area contributed by atoms with Crippen molar-refractivity contribution in [1.29, 1.82) is 0 Å². The lowest BCUT2D eigenvalue weighted by Crippen LogP contribution is -2.41. The number of amides is 1. The second-order valence-electron chi connectivity index (χ2n) is 6.93. The Labute approximate surface area is 168 Å². The maximum atomic E-state index is 12.8. The first kappa shape index (κ1) is 18.6. The van der Waals surface area contributed by atoms with Crippen LogP contribution in [0, 0.1) is 5.92 Å². The van der Waals surface area contributed by atoms with Crippen molar-refractivity contribution in [1.82, 2.24) is 15.0 Å². The molecule has 144 valence electrons. The van der Waals surface area contributed by atoms with Gasteiger partial charge in [0, 0.05) is 36.4 Å². The number of rotatable bonds is 5. The molecule has 1 saturated heterocycles. The van der Waals surface area contributed by atoms with Gasteiger partial charge in [0.15, 0.2) is 5.13 Å². The number of nitrogens with one attached hydrogen (secondary N) is 1. The fourth-order valence-corrected chi connectivity index (χ4v) is 4.16. The molecule has 3 aromatic rings. The Bertz CT molecular complexity index is 925. The van der Waals surface area contributed by atoms with Crippen molar-refractivity contribution < 1.29 is 4.79 Å². The zero-order valence-electron chi connectivity index (χ0n) is 15.8. The van der Waals surface area contributed by atoms with Gasteiger partial charge in [0.25, 0.3) is 0 Å². The van der Waals surface area contributed by atoms with Crippen LogP contribution < -0.4 is 10.2 Å². The van der Waals surface area contributed by atoms with Crippen molar-refractivity contribution in [3.63, 3.8) is 0 Å². The van der Waals surface area contributed by atoms with Crippen LogP contribution in [0.15, 0.2) is 48.2 Å². The van der Waals surface area contributed by atoms with Crippen molar-refractivity contribution in [2.45, 2.75) is 26.2 Å². The fraction of sp³-hybridized carbons (Fsp3) is 0.333. The molecule has 0 aliphatic carbocycles. The minimum atomic E-state index is -0.0769. The molecule has 0 radical (unpaired) electrons. The molecule has 1 atom stereocenters. The molecular weight excluding hydrogens is 370 g/mol. The normalized spacial score (nSPS) is 16.8. The zero-order valence-corrected chi connectivity index (χ0v) is 16.7. The van der Waals surface area contributed by atoms with Gasteiger partial charge in [-0.25, -0.2) is 9.97 Å². The highest BCUT2D eigenvalue weighted by Gasteiger charge is 2.27. The number of thiazole rings is 1. The Morgan fingerprint density at radius 2 is 2.14 bits per heavy atom. The van der Waals surface area contributed by atoms with E-state index in [9.17, 15) is 4.79 Å². The molecular formula is C21H23N5OS. The standard InChI is InChI=1S/C21H23N5OS/c1-2-15-5-7-16(8-6-15)18-14-28-21(24-18)25-20(27)17-4-3-11-26(13-17)19-12-22-9-10-23-19/h5-10,12,14,17H,2-4,11,13H2,1H3,(H,24,25,27). The highest BCUT2D eigenvalue weighted by molar-refractivity contribution is 7.14. The van der Waals surface area contributed by atoms with Crippen LogP contribution in [0.1, 0.15) is 25.3 Å². The van der Waals surface area contributed by atoms with Crippen LogP contribution in [0.5, 0.6) is 0 Å². The van der Waals surface area contributed by atoms with Crippen LogP contribution in [0.25, 0.3) is 11.3 Å². The maximum absolute atomic E-state index is 12.8. The average molecular weight is 394 g/mol. The third-order valence-corrected chi connectivity index (χ3v) is 5.82. The molecule has 0 spiro atoms. The summed E-state index contributed by atoms with van der Waals surface area (Å²) in [6.07, 6.45) is 7.94. The van der Waals surface area contributed by atoms with E-state index in [1.165, 1.54) is 16.9 Å². The van der Waals surface area contributed by atoms with E-state index in [-0.39, 0.29) is 11.8 Å². The fourth-order valence-electron chi connectivity index (χ4n) is 3.44. The van der Waals surface area contributed by atoms with Crippen molar-refractivity contribution in [2.24, 2.45) is 5.92 Å². The van der Waals surface area contributed by atoms with Crippen LogP contribution in [0.2, 0.25) is 0 Å². The molecule has 3 heterocycles. The highest BCUT2D eigenvalue weighted by atomic mass is 32.1. The lowest BCUT2D eigenvalue weighted by Gasteiger charge is -2.32. The van der Waals surface area contributed by atoms with Gasteiger partial charge >= 0.3 is 0 Å². The van der Waals surface area contributed by atoms with Gasteiger partial charge in [-0.05, 0) is 24.8 Å². The van der Waals surface area contributed by atoms with Crippen LogP contribution >= 0.6 is 11.3 Å². The number of piperidine rings is 1. The lowest BCUT2D eigenvalue weighted by molar-refractivity contribution is -0.120. The Morgan fingerprint density at radius 3 is 2.89 bits per heavy atom. The molecule has 1 fully saturated rings. The molecule has 1 aromatic carbocycles. The SMILES string of the molecule is CCc1ccc(-c2csc(NC(=O)C3CCCN(c4cnccn4)C3)n2)cc1. The topological polar surface area (TPSA) is 71.0 Å². The lowest BCUT2D eigenvalue weighted by atomic mass is 9.97. The summed E-state index contributed by atoms with van der Waals surface area (Å²) in [7, 11) is 0. The van der Waals surface area contributed by atoms with Crippen LogP contribution in [-0.2, 0) is 11.2 Å². The van der Waals surface area contributed by atoms with Gasteiger partial charge in [-0.2, -0.15) is 0 Å². The molecule has 1 aliphatic heterocycles. The summed E-state index contributed by atoms with van der Waals surface area (Å²) < 4.78 is 0. The summed E-state index contributed by atoms with van der Waals surface area (Å²) in [6.45, 7) is 3.70. The van der Waals surface area contributed by atoms with E-state index >= 15 is 0 Å². The van der Waals surface area contributed by atoms with Gasteiger partial charge in [0.05, 0.1) is 17.8 Å². The van der Waals surface area contributed by atoms with Crippen molar-refractivity contribution in [2.75, 3.05) is 23.3 Å². The predicted molar refractivity (Wildman–Crippen MR) is 113 cm³/mol. The molecule has 4 rings (SSSR count). The minimum absolute atomic E-state index is 0.0239. The number of hydrogen-bond donors (Lipinski definition) is 1. The first-order chi connectivity index (χ1) is 13.7. The van der Waals surface area contributed by atoms with Gasteiger partial charge in [-0.1, -0.05) is 31.2 Å². The van der Waals surface area contributed by atoms with E-state index in [1.54, 1.807) is 18.6 Å². The second kappa shape index (κ2) is 8.48. The average Bonchev–Trinajstić information content (AvgIpc) is 3.23. The van der Waals surface area contributed by atoms with E-state index in [1.807, 2.05) is 5.38 Å². The van der Waals surface area contributed by atoms with Crippen molar-refractivity contribution in [3.05, 3.63) is 53.8 Å². The molecule has 6 nitrogen and oxygen atoms in total. The number of benzene rings is 1. The summed E-state index contributed by atoms with van der Waals surface area (Å²) in [5.41, 5.74) is 3.27.